The lowest BCUT2D eigenvalue weighted by atomic mass is 9.98. The first-order chi connectivity index (χ1) is 32.3. The van der Waals surface area contributed by atoms with Crippen molar-refractivity contribution in [2.45, 2.75) is 72.3 Å². The van der Waals surface area contributed by atoms with Crippen molar-refractivity contribution in [1.29, 1.82) is 0 Å². The summed E-state index contributed by atoms with van der Waals surface area (Å²) in [5.41, 5.74) is 2.25. The Labute approximate surface area is 383 Å². The molecule has 68 heavy (non-hydrogen) atoms. The molecule has 0 amide bonds. The number of aliphatic hydroxyl groups is 1. The number of aromatic nitrogens is 6. The van der Waals surface area contributed by atoms with Gasteiger partial charge in [-0.05, 0) is 93.9 Å². The molecule has 0 saturated heterocycles. The van der Waals surface area contributed by atoms with E-state index in [9.17, 15) is 41.0 Å². The van der Waals surface area contributed by atoms with Crippen molar-refractivity contribution in [3.63, 3.8) is 0 Å². The molecule has 0 saturated carbocycles. The fourth-order valence-electron chi connectivity index (χ4n) is 8.03. The van der Waals surface area contributed by atoms with Crippen molar-refractivity contribution in [3.8, 4) is 33.8 Å². The highest BCUT2D eigenvalue weighted by Gasteiger charge is 2.44. The molecule has 0 spiro atoms. The van der Waals surface area contributed by atoms with E-state index in [-0.39, 0.29) is 19.7 Å². The van der Waals surface area contributed by atoms with Crippen LogP contribution in [0.25, 0.3) is 44.1 Å². The van der Waals surface area contributed by atoms with Gasteiger partial charge in [-0.2, -0.15) is 26.3 Å². The number of aliphatic hydroxyl groups excluding tert-OH is 1. The highest BCUT2D eigenvalue weighted by atomic mass is 19.4. The quantitative estimate of drug-likeness (QED) is 0.115. The first-order valence-electron chi connectivity index (χ1n) is 20.9. The number of halogens is 6. The summed E-state index contributed by atoms with van der Waals surface area (Å²) in [7, 11) is 2.93. The Kier molecular flexibility index (Phi) is 13.9. The van der Waals surface area contributed by atoms with Crippen LogP contribution in [0.5, 0.6) is 11.5 Å². The summed E-state index contributed by atoms with van der Waals surface area (Å²) in [6, 6.07) is 19.0. The van der Waals surface area contributed by atoms with Crippen molar-refractivity contribution in [1.82, 2.24) is 29.4 Å². The number of nitrogens with zero attached hydrogens (tertiary/aromatic N) is 6. The van der Waals surface area contributed by atoms with Crippen LogP contribution in [0.3, 0.4) is 0 Å². The predicted molar refractivity (Wildman–Crippen MR) is 238 cm³/mol. The molecule has 6 aromatic heterocycles. The summed E-state index contributed by atoms with van der Waals surface area (Å²) in [6.07, 6.45) is -12.0. The summed E-state index contributed by atoms with van der Waals surface area (Å²) < 4.78 is 111. The van der Waals surface area contributed by atoms with Crippen LogP contribution in [0.1, 0.15) is 64.6 Å². The Hall–Kier alpha value is -7.32. The number of rotatable bonds is 12. The molecule has 14 nitrogen and oxygen atoms in total. The first-order valence-corrected chi connectivity index (χ1v) is 20.9. The maximum Gasteiger partial charge on any atom is 0.419 e. The number of hydrogen-bond donors (Lipinski definition) is 1. The first kappa shape index (κ1) is 48.6. The minimum Gasteiger partial charge on any atom is -0.496 e. The Balaban J connectivity index is 0.000000202. The summed E-state index contributed by atoms with van der Waals surface area (Å²) in [5.74, 6) is 1.84. The molecule has 0 radical (unpaired) electrons. The number of fused-ring (bicyclic) bond motifs is 2. The van der Waals surface area contributed by atoms with Crippen LogP contribution in [0.4, 0.5) is 26.3 Å². The van der Waals surface area contributed by atoms with Gasteiger partial charge in [0, 0.05) is 42.3 Å². The molecule has 0 bridgehead atoms. The van der Waals surface area contributed by atoms with E-state index >= 15 is 0 Å². The van der Waals surface area contributed by atoms with Crippen molar-refractivity contribution in [3.05, 3.63) is 151 Å². The molecule has 8 rings (SSSR count). The molecular formula is C48H44F6N6O8. The predicted octanol–water partition coefficient (Wildman–Crippen LogP) is 9.69. The number of methoxy groups -OCH3 is 2. The molecule has 8 aromatic rings. The maximum atomic E-state index is 13.9. The van der Waals surface area contributed by atoms with Gasteiger partial charge < -0.3 is 37.5 Å². The Morgan fingerprint density at radius 2 is 1.09 bits per heavy atom. The second-order valence-corrected chi connectivity index (χ2v) is 15.6. The summed E-state index contributed by atoms with van der Waals surface area (Å²) in [6.45, 7) is 8.05. The molecular weight excluding hydrogens is 903 g/mol. The van der Waals surface area contributed by atoms with Crippen LogP contribution in [-0.4, -0.2) is 67.7 Å². The Bertz CT molecular complexity index is 3180. The number of pyridine rings is 4. The van der Waals surface area contributed by atoms with Gasteiger partial charge >= 0.3 is 12.4 Å². The van der Waals surface area contributed by atoms with Gasteiger partial charge in [-0.25, -0.2) is 0 Å². The highest BCUT2D eigenvalue weighted by Crippen LogP contribution is 2.41. The minimum absolute atomic E-state index is 0.0332. The summed E-state index contributed by atoms with van der Waals surface area (Å²) >= 11 is 0. The molecule has 0 aliphatic heterocycles. The van der Waals surface area contributed by atoms with Gasteiger partial charge in [-0.3, -0.25) is 19.6 Å². The molecule has 20 heteroatoms. The minimum atomic E-state index is -5.01. The van der Waals surface area contributed by atoms with E-state index in [1.165, 1.54) is 38.0 Å². The Morgan fingerprint density at radius 1 is 0.647 bits per heavy atom. The van der Waals surface area contributed by atoms with E-state index in [1.54, 1.807) is 94.6 Å². The van der Waals surface area contributed by atoms with Gasteiger partial charge in [0.1, 0.15) is 23.0 Å². The third kappa shape index (κ3) is 9.73. The lowest BCUT2D eigenvalue weighted by molar-refractivity contribution is -0.223. The van der Waals surface area contributed by atoms with Gasteiger partial charge in [0.25, 0.3) is 11.1 Å². The topological polar surface area (TPSA) is 170 Å². The van der Waals surface area contributed by atoms with E-state index in [4.69, 9.17) is 23.3 Å². The van der Waals surface area contributed by atoms with Crippen molar-refractivity contribution >= 4 is 21.8 Å². The average molecular weight is 947 g/mol. The largest absolute Gasteiger partial charge is 0.496 e. The lowest BCUT2D eigenvalue weighted by Gasteiger charge is -2.22. The summed E-state index contributed by atoms with van der Waals surface area (Å²) in [5, 5.41) is 18.5. The molecule has 0 aliphatic carbocycles. The number of hydrogen-bond acceptors (Lipinski definition) is 12. The smallest absolute Gasteiger partial charge is 0.419 e. The molecule has 0 aliphatic rings. The maximum absolute atomic E-state index is 13.9. The SMILES string of the molecule is CCOC(c1cc2cc(-c3c(C)noc3C)c(OC)cc2n(Cc2ccccn2)c1=O)C(F)(F)F.COc1cc2c(cc1-c1c(C)noc1C)cc(C(O)C(F)(F)F)c(=O)n2Cc1ccccn1. The van der Waals surface area contributed by atoms with Crippen molar-refractivity contribution < 1.29 is 54.7 Å². The van der Waals surface area contributed by atoms with Crippen LogP contribution >= 0.6 is 0 Å². The Morgan fingerprint density at radius 3 is 1.44 bits per heavy atom. The molecule has 1 N–H and O–H groups in total. The van der Waals surface area contributed by atoms with E-state index < -0.39 is 46.8 Å². The molecule has 0 fully saturated rings. The fourth-order valence-corrected chi connectivity index (χ4v) is 8.03. The van der Waals surface area contributed by atoms with Gasteiger partial charge in [0.05, 0.1) is 83.4 Å². The van der Waals surface area contributed by atoms with E-state index in [0.717, 1.165) is 10.6 Å². The van der Waals surface area contributed by atoms with E-state index in [2.05, 4.69) is 20.3 Å². The van der Waals surface area contributed by atoms with Crippen molar-refractivity contribution in [2.75, 3.05) is 20.8 Å². The van der Waals surface area contributed by atoms with E-state index in [1.807, 2.05) is 0 Å². The van der Waals surface area contributed by atoms with Crippen LogP contribution in [0, 0.1) is 27.7 Å². The number of ether oxygens (including phenoxy) is 3. The van der Waals surface area contributed by atoms with Gasteiger partial charge in [-0.15, -0.1) is 0 Å². The van der Waals surface area contributed by atoms with Crippen LogP contribution in [0.15, 0.2) is 104 Å². The molecule has 356 valence electrons. The van der Waals surface area contributed by atoms with Gasteiger partial charge in [0.15, 0.2) is 12.2 Å². The van der Waals surface area contributed by atoms with Crippen LogP contribution in [0.2, 0.25) is 0 Å². The zero-order chi connectivity index (χ0) is 49.2. The molecule has 2 aromatic carbocycles. The van der Waals surface area contributed by atoms with Crippen LogP contribution < -0.4 is 20.6 Å². The average Bonchev–Trinajstić information content (AvgIpc) is 3.83. The summed E-state index contributed by atoms with van der Waals surface area (Å²) in [4.78, 5) is 35.0. The molecule has 2 unspecified atom stereocenters. The normalized spacial score (nSPS) is 12.8. The number of benzene rings is 2. The standard InChI is InChI=1S/C25H24F3N3O4.C23H20F3N3O4/c1-5-34-23(25(26,27)28)19-11-16-10-18(22-14(2)30-35-15(22)3)21(33-4)12-20(16)31(24(19)32)13-17-8-6-7-9-29-17;1-12-20(13(2)33-28-12)16-8-14-9-17(21(30)23(24,25)26)22(31)29(18(14)10-19(16)32-3)11-15-6-4-5-7-27-15/h6-12,23H,5,13H2,1-4H3;4-10,21,30H,11H2,1-3H3. The number of aryl methyl sites for hydroxylation is 4. The second kappa shape index (κ2) is 19.5. The van der Waals surface area contributed by atoms with Gasteiger partial charge in [0.2, 0.25) is 0 Å². The monoisotopic (exact) mass is 946 g/mol. The second-order valence-electron chi connectivity index (χ2n) is 15.6. The lowest BCUT2D eigenvalue weighted by Crippen LogP contribution is -2.33. The molecule has 2 atom stereocenters. The highest BCUT2D eigenvalue weighted by molar-refractivity contribution is 5.91. The number of alkyl halides is 6. The fraction of sp³-hybridized carbons (Fsp3) is 0.292. The third-order valence-electron chi connectivity index (χ3n) is 11.1. The third-order valence-corrected chi connectivity index (χ3v) is 11.1. The zero-order valence-electron chi connectivity index (χ0n) is 37.6. The van der Waals surface area contributed by atoms with Gasteiger partial charge in [-0.1, -0.05) is 22.4 Å². The molecule has 6 heterocycles. The zero-order valence-corrected chi connectivity index (χ0v) is 37.6. The van der Waals surface area contributed by atoms with E-state index in [0.29, 0.717) is 89.9 Å². The van der Waals surface area contributed by atoms with Crippen molar-refractivity contribution in [2.24, 2.45) is 0 Å². The van der Waals surface area contributed by atoms with Crippen LogP contribution in [-0.2, 0) is 17.8 Å².